The van der Waals surface area contributed by atoms with Crippen molar-refractivity contribution in [2.24, 2.45) is 0 Å². The van der Waals surface area contributed by atoms with Crippen molar-refractivity contribution in [1.82, 2.24) is 19.3 Å². The molecule has 0 fully saturated rings. The van der Waals surface area contributed by atoms with Gasteiger partial charge in [-0.15, -0.1) is 5.10 Å². The molecule has 0 amide bonds. The summed E-state index contributed by atoms with van der Waals surface area (Å²) in [6, 6.07) is 7.71. The number of aromatic nitrogens is 4. The lowest BCUT2D eigenvalue weighted by Gasteiger charge is -2.14. The molecule has 11 heteroatoms. The average Bonchev–Trinajstić information content (AvgIpc) is 3.34. The van der Waals surface area contributed by atoms with E-state index >= 15 is 0 Å². The van der Waals surface area contributed by atoms with Gasteiger partial charge >= 0.3 is 11.9 Å². The zero-order chi connectivity index (χ0) is 21.5. The highest BCUT2D eigenvalue weighted by molar-refractivity contribution is 6.30. The van der Waals surface area contributed by atoms with Crippen molar-refractivity contribution in [3.63, 3.8) is 0 Å². The lowest BCUT2D eigenvalue weighted by Crippen LogP contribution is -2.16. The molecule has 4 aromatic rings. The third kappa shape index (κ3) is 3.81. The first-order valence-electron chi connectivity index (χ1n) is 8.47. The van der Waals surface area contributed by atoms with Crippen molar-refractivity contribution in [2.45, 2.75) is 12.7 Å². The molecule has 4 rings (SSSR count). The summed E-state index contributed by atoms with van der Waals surface area (Å²) < 4.78 is 47.9. The summed E-state index contributed by atoms with van der Waals surface area (Å²) in [5.74, 6) is -1.29. The summed E-state index contributed by atoms with van der Waals surface area (Å²) in [7, 11) is 0. The molecule has 2 heterocycles. The molecule has 0 atom stereocenters. The van der Waals surface area contributed by atoms with Crippen molar-refractivity contribution in [1.29, 1.82) is 0 Å². The van der Waals surface area contributed by atoms with Gasteiger partial charge in [0.2, 0.25) is 5.89 Å². The van der Waals surface area contributed by atoms with Crippen LogP contribution >= 0.6 is 11.6 Å². The van der Waals surface area contributed by atoms with Crippen LogP contribution in [0.15, 0.2) is 64.3 Å². The summed E-state index contributed by atoms with van der Waals surface area (Å²) in [6.45, 7) is -0.173. The normalized spacial score (nSPS) is 11.7. The van der Waals surface area contributed by atoms with Crippen molar-refractivity contribution in [2.75, 3.05) is 0 Å². The average molecular weight is 437 g/mol. The molecule has 2 aromatic heterocycles. The van der Waals surface area contributed by atoms with Crippen LogP contribution in [0.2, 0.25) is 5.02 Å². The van der Waals surface area contributed by atoms with Gasteiger partial charge in [-0.2, -0.15) is 17.9 Å². The first-order chi connectivity index (χ1) is 14.2. The van der Waals surface area contributed by atoms with E-state index in [2.05, 4.69) is 10.1 Å². The molecule has 0 spiro atoms. The van der Waals surface area contributed by atoms with Gasteiger partial charge in [-0.05, 0) is 36.4 Å². The van der Waals surface area contributed by atoms with E-state index in [1.807, 2.05) is 0 Å². The van der Waals surface area contributed by atoms with Crippen LogP contribution in [-0.2, 0) is 12.7 Å². The fourth-order valence-corrected chi connectivity index (χ4v) is 3.08. The number of nitrogens with zero attached hydrogens (tertiary/aromatic N) is 4. The van der Waals surface area contributed by atoms with Gasteiger partial charge in [0.05, 0.1) is 24.1 Å². The van der Waals surface area contributed by atoms with Gasteiger partial charge in [0.25, 0.3) is 0 Å². The highest BCUT2D eigenvalue weighted by Gasteiger charge is 2.34. The third-order valence-corrected chi connectivity index (χ3v) is 4.53. The Balaban J connectivity index is 1.74. The van der Waals surface area contributed by atoms with Crippen LogP contribution in [-0.4, -0.2) is 24.4 Å². The van der Waals surface area contributed by atoms with Gasteiger partial charge in [-0.1, -0.05) is 11.6 Å². The minimum atomic E-state index is -4.66. The fourth-order valence-electron chi connectivity index (χ4n) is 2.89. The monoisotopic (exact) mass is 436 g/mol. The lowest BCUT2D eigenvalue weighted by molar-refractivity contribution is -0.137. The Morgan fingerprint density at radius 2 is 1.97 bits per heavy atom. The molecule has 0 aliphatic rings. The van der Waals surface area contributed by atoms with E-state index < -0.39 is 17.5 Å². The summed E-state index contributed by atoms with van der Waals surface area (Å²) >= 11 is 5.89. The zero-order valence-electron chi connectivity index (χ0n) is 15.0. The molecular formula is C19H12ClF3N4O3. The number of halogens is 4. The van der Waals surface area contributed by atoms with Crippen molar-refractivity contribution in [3.05, 3.63) is 81.8 Å². The van der Waals surface area contributed by atoms with E-state index in [1.54, 1.807) is 0 Å². The van der Waals surface area contributed by atoms with Crippen molar-refractivity contribution < 1.29 is 22.7 Å². The SMILES string of the molecule is O=c1oc(-c2ccc(-n3ccnc3)c(C(F)(F)F)c2)nn1Cc1cc(Cl)ccc1O. The predicted molar refractivity (Wildman–Crippen MR) is 101 cm³/mol. The largest absolute Gasteiger partial charge is 0.508 e. The Kier molecular flexibility index (Phi) is 4.86. The van der Waals surface area contributed by atoms with Gasteiger partial charge in [0.1, 0.15) is 5.75 Å². The second-order valence-corrected chi connectivity index (χ2v) is 6.74. The van der Waals surface area contributed by atoms with Crippen LogP contribution in [0, 0.1) is 0 Å². The molecule has 0 bridgehead atoms. The molecule has 1 N–H and O–H groups in total. The van der Waals surface area contributed by atoms with Crippen LogP contribution in [0.1, 0.15) is 11.1 Å². The maximum absolute atomic E-state index is 13.6. The minimum Gasteiger partial charge on any atom is -0.508 e. The van der Waals surface area contributed by atoms with Crippen molar-refractivity contribution in [3.8, 4) is 22.9 Å². The second kappa shape index (κ2) is 7.38. The topological polar surface area (TPSA) is 86.1 Å². The number of hydrogen-bond donors (Lipinski definition) is 1. The maximum atomic E-state index is 13.6. The van der Waals surface area contributed by atoms with E-state index in [4.69, 9.17) is 16.0 Å². The maximum Gasteiger partial charge on any atom is 0.437 e. The van der Waals surface area contributed by atoms with Crippen molar-refractivity contribution >= 4 is 11.6 Å². The van der Waals surface area contributed by atoms with E-state index in [9.17, 15) is 23.1 Å². The molecule has 154 valence electrons. The van der Waals surface area contributed by atoms with Crippen LogP contribution in [0.25, 0.3) is 17.1 Å². The van der Waals surface area contributed by atoms with Crippen LogP contribution < -0.4 is 5.76 Å². The van der Waals surface area contributed by atoms with Gasteiger partial charge in [-0.3, -0.25) is 0 Å². The molecule has 0 unspecified atom stereocenters. The number of alkyl halides is 3. The number of aromatic hydroxyl groups is 1. The Hall–Kier alpha value is -3.53. The molecule has 2 aromatic carbocycles. The summed E-state index contributed by atoms with van der Waals surface area (Å²) in [5.41, 5.74) is -0.801. The third-order valence-electron chi connectivity index (χ3n) is 4.30. The molecule has 0 aliphatic carbocycles. The number of phenols is 1. The summed E-state index contributed by atoms with van der Waals surface area (Å²) in [4.78, 5) is 15.9. The smallest absolute Gasteiger partial charge is 0.437 e. The van der Waals surface area contributed by atoms with Gasteiger partial charge in [0, 0.05) is 28.5 Å². The Labute approximate surface area is 171 Å². The fraction of sp³-hybridized carbons (Fsp3) is 0.105. The van der Waals surface area contributed by atoms with Crippen LogP contribution in [0.3, 0.4) is 0 Å². The van der Waals surface area contributed by atoms with Crippen LogP contribution in [0.4, 0.5) is 13.2 Å². The quantitative estimate of drug-likeness (QED) is 0.520. The second-order valence-electron chi connectivity index (χ2n) is 6.30. The minimum absolute atomic E-state index is 0.0302. The number of hydrogen-bond acceptors (Lipinski definition) is 5. The molecular weight excluding hydrogens is 425 g/mol. The first kappa shape index (κ1) is 19.8. The molecule has 30 heavy (non-hydrogen) atoms. The van der Waals surface area contributed by atoms with E-state index in [0.717, 1.165) is 10.7 Å². The molecule has 0 radical (unpaired) electrons. The molecule has 7 nitrogen and oxygen atoms in total. The number of imidazole rings is 1. The molecule has 0 aliphatic heterocycles. The number of benzene rings is 2. The zero-order valence-corrected chi connectivity index (χ0v) is 15.7. The van der Waals surface area contributed by atoms with E-state index in [-0.39, 0.29) is 29.4 Å². The standard InChI is InChI=1S/C19H12ClF3N4O3/c20-13-2-4-16(28)12(7-13)9-27-18(29)30-17(25-27)11-1-3-15(26-6-5-24-10-26)14(8-11)19(21,22)23/h1-8,10,28H,9H2. The van der Waals surface area contributed by atoms with Gasteiger partial charge in [0.15, 0.2) is 0 Å². The Bertz CT molecular complexity index is 1260. The van der Waals surface area contributed by atoms with Crippen LogP contribution in [0.5, 0.6) is 5.75 Å². The summed E-state index contributed by atoms with van der Waals surface area (Å²) in [6.07, 6.45) is -0.668. The Morgan fingerprint density at radius 3 is 2.67 bits per heavy atom. The number of rotatable bonds is 4. The first-order valence-corrected chi connectivity index (χ1v) is 8.85. The van der Waals surface area contributed by atoms with E-state index in [0.29, 0.717) is 10.6 Å². The van der Waals surface area contributed by atoms with Gasteiger partial charge < -0.3 is 14.1 Å². The highest BCUT2D eigenvalue weighted by atomic mass is 35.5. The van der Waals surface area contributed by atoms with Gasteiger partial charge in [-0.25, -0.2) is 9.78 Å². The van der Waals surface area contributed by atoms with E-state index in [1.165, 1.54) is 53.6 Å². The Morgan fingerprint density at radius 1 is 1.17 bits per heavy atom. The molecule has 0 saturated carbocycles. The predicted octanol–water partition coefficient (Wildman–Crippen LogP) is 4.12. The highest BCUT2D eigenvalue weighted by Crippen LogP contribution is 2.36. The lowest BCUT2D eigenvalue weighted by atomic mass is 10.1. The number of phenolic OH excluding ortho intramolecular Hbond substituents is 1. The molecule has 0 saturated heterocycles. The summed E-state index contributed by atoms with van der Waals surface area (Å²) in [5, 5.41) is 14.2.